The zero-order chi connectivity index (χ0) is 15.9. The highest BCUT2D eigenvalue weighted by Gasteiger charge is 2.11. The number of nitrogens with zero attached hydrogens (tertiary/aromatic N) is 1. The number of hydrogen-bond donors (Lipinski definition) is 2. The Balaban J connectivity index is 1.92. The molecule has 2 aromatic carbocycles. The van der Waals surface area contributed by atoms with Gasteiger partial charge in [-0.25, -0.2) is 0 Å². The van der Waals surface area contributed by atoms with Crippen LogP contribution in [0.3, 0.4) is 0 Å². The lowest BCUT2D eigenvalue weighted by Gasteiger charge is -2.20. The Morgan fingerprint density at radius 2 is 1.73 bits per heavy atom. The maximum atomic E-state index is 11.9. The fourth-order valence-corrected chi connectivity index (χ4v) is 1.87. The summed E-state index contributed by atoms with van der Waals surface area (Å²) >= 11 is 0. The van der Waals surface area contributed by atoms with Gasteiger partial charge < -0.3 is 10.5 Å². The highest BCUT2D eigenvalue weighted by Crippen LogP contribution is 2.17. The Morgan fingerprint density at radius 1 is 1.09 bits per heavy atom. The first-order chi connectivity index (χ1) is 10.6. The quantitative estimate of drug-likeness (QED) is 0.788. The zero-order valence-electron chi connectivity index (χ0n) is 12.2. The third-order valence-corrected chi connectivity index (χ3v) is 2.95. The van der Waals surface area contributed by atoms with E-state index in [4.69, 9.17) is 10.5 Å². The van der Waals surface area contributed by atoms with Gasteiger partial charge >= 0.3 is 0 Å². The first-order valence-electron chi connectivity index (χ1n) is 6.68. The number of nitrogens with one attached hydrogen (secondary N) is 1. The second kappa shape index (κ2) is 7.12. The number of primary amides is 1. The fraction of sp³-hybridized carbons (Fsp3) is 0.125. The summed E-state index contributed by atoms with van der Waals surface area (Å²) in [6.45, 7) is -0.221. The van der Waals surface area contributed by atoms with Gasteiger partial charge in [0.05, 0.1) is 11.3 Å². The smallest absolute Gasteiger partial charge is 0.276 e. The monoisotopic (exact) mass is 299 g/mol. The van der Waals surface area contributed by atoms with Crippen LogP contribution in [0.4, 0.5) is 5.69 Å². The molecule has 0 fully saturated rings. The molecule has 0 spiro atoms. The third-order valence-electron chi connectivity index (χ3n) is 2.95. The number of rotatable bonds is 6. The van der Waals surface area contributed by atoms with Crippen molar-refractivity contribution in [1.29, 1.82) is 0 Å². The Labute approximate surface area is 128 Å². The van der Waals surface area contributed by atoms with Gasteiger partial charge in [0.2, 0.25) is 0 Å². The maximum Gasteiger partial charge on any atom is 0.276 e. The number of nitrogens with two attached hydrogens (primary N) is 1. The molecular formula is C16H17N3O3. The summed E-state index contributed by atoms with van der Waals surface area (Å²) in [6, 6.07) is 15.9. The van der Waals surface area contributed by atoms with Gasteiger partial charge in [-0.2, -0.15) is 0 Å². The third kappa shape index (κ3) is 3.99. The Kier molecular flexibility index (Phi) is 4.98. The summed E-state index contributed by atoms with van der Waals surface area (Å²) < 4.78 is 5.36. The molecule has 0 unspecified atom stereocenters. The number of amides is 2. The summed E-state index contributed by atoms with van der Waals surface area (Å²) in [6.07, 6.45) is 0. The van der Waals surface area contributed by atoms with Gasteiger partial charge in [-0.3, -0.25) is 20.0 Å². The van der Waals surface area contributed by atoms with E-state index in [0.29, 0.717) is 0 Å². The van der Waals surface area contributed by atoms with Crippen molar-refractivity contribution in [2.45, 2.75) is 0 Å². The van der Waals surface area contributed by atoms with E-state index >= 15 is 0 Å². The summed E-state index contributed by atoms with van der Waals surface area (Å²) in [4.78, 5) is 23.1. The lowest BCUT2D eigenvalue weighted by molar-refractivity contribution is -0.123. The average molecular weight is 299 g/mol. The Morgan fingerprint density at radius 3 is 2.41 bits per heavy atom. The van der Waals surface area contributed by atoms with Crippen LogP contribution in [0, 0.1) is 0 Å². The van der Waals surface area contributed by atoms with Gasteiger partial charge in [0.15, 0.2) is 6.61 Å². The SMILES string of the molecule is CN(NC(=O)COc1ccccc1C(N)=O)c1ccccc1. The molecule has 0 aliphatic heterocycles. The van der Waals surface area contributed by atoms with Crippen molar-refractivity contribution in [2.75, 3.05) is 18.7 Å². The van der Waals surface area contributed by atoms with E-state index in [1.165, 1.54) is 0 Å². The topological polar surface area (TPSA) is 84.7 Å². The zero-order valence-corrected chi connectivity index (χ0v) is 12.2. The van der Waals surface area contributed by atoms with Crippen molar-refractivity contribution < 1.29 is 14.3 Å². The van der Waals surface area contributed by atoms with E-state index in [1.54, 1.807) is 36.3 Å². The van der Waals surface area contributed by atoms with Gasteiger partial charge in [0.25, 0.3) is 11.8 Å². The molecule has 0 saturated heterocycles. The van der Waals surface area contributed by atoms with Gasteiger partial charge in [-0.05, 0) is 24.3 Å². The lowest BCUT2D eigenvalue weighted by atomic mass is 10.2. The number of carbonyl (C=O) groups excluding carboxylic acids is 2. The molecule has 2 rings (SSSR count). The molecule has 6 heteroatoms. The number of hydrazine groups is 1. The molecule has 0 saturated carbocycles. The molecule has 2 aromatic rings. The van der Waals surface area contributed by atoms with Crippen LogP contribution in [0.5, 0.6) is 5.75 Å². The molecule has 0 radical (unpaired) electrons. The van der Waals surface area contributed by atoms with Crippen molar-refractivity contribution in [3.63, 3.8) is 0 Å². The first-order valence-corrected chi connectivity index (χ1v) is 6.68. The molecule has 0 bridgehead atoms. The summed E-state index contributed by atoms with van der Waals surface area (Å²) in [7, 11) is 1.73. The predicted molar refractivity (Wildman–Crippen MR) is 83.4 cm³/mol. The largest absolute Gasteiger partial charge is 0.483 e. The number of ether oxygens (including phenoxy) is 1. The highest BCUT2D eigenvalue weighted by molar-refractivity contribution is 5.95. The molecule has 22 heavy (non-hydrogen) atoms. The maximum absolute atomic E-state index is 11.9. The van der Waals surface area contributed by atoms with Gasteiger partial charge in [-0.1, -0.05) is 30.3 Å². The van der Waals surface area contributed by atoms with Crippen molar-refractivity contribution in [1.82, 2.24) is 5.43 Å². The first kappa shape index (κ1) is 15.4. The minimum absolute atomic E-state index is 0.221. The van der Waals surface area contributed by atoms with E-state index in [-0.39, 0.29) is 23.8 Å². The van der Waals surface area contributed by atoms with Crippen LogP contribution in [0.2, 0.25) is 0 Å². The number of para-hydroxylation sites is 2. The average Bonchev–Trinajstić information content (AvgIpc) is 2.54. The molecule has 0 heterocycles. The summed E-state index contributed by atoms with van der Waals surface area (Å²) in [5.74, 6) is -0.657. The number of benzene rings is 2. The lowest BCUT2D eigenvalue weighted by Crippen LogP contribution is -2.42. The van der Waals surface area contributed by atoms with E-state index in [9.17, 15) is 9.59 Å². The normalized spacial score (nSPS) is 9.86. The molecule has 0 aliphatic rings. The van der Waals surface area contributed by atoms with Crippen molar-refractivity contribution in [2.24, 2.45) is 5.73 Å². The van der Waals surface area contributed by atoms with E-state index in [0.717, 1.165) is 5.69 Å². The van der Waals surface area contributed by atoms with E-state index < -0.39 is 5.91 Å². The molecular weight excluding hydrogens is 282 g/mol. The molecule has 0 aliphatic carbocycles. The minimum Gasteiger partial charge on any atom is -0.483 e. The van der Waals surface area contributed by atoms with Crippen LogP contribution in [0.25, 0.3) is 0 Å². The molecule has 114 valence electrons. The van der Waals surface area contributed by atoms with Crippen LogP contribution in [-0.4, -0.2) is 25.5 Å². The van der Waals surface area contributed by atoms with Crippen molar-refractivity contribution in [3.8, 4) is 5.75 Å². The summed E-state index contributed by atoms with van der Waals surface area (Å²) in [5, 5.41) is 1.59. The molecule has 6 nitrogen and oxygen atoms in total. The Hall–Kier alpha value is -3.02. The molecule has 0 atom stereocenters. The van der Waals surface area contributed by atoms with E-state index in [1.807, 2.05) is 30.3 Å². The minimum atomic E-state index is -0.600. The fourth-order valence-electron chi connectivity index (χ4n) is 1.87. The predicted octanol–water partition coefficient (Wildman–Crippen LogP) is 1.33. The van der Waals surface area contributed by atoms with Crippen LogP contribution in [-0.2, 0) is 4.79 Å². The van der Waals surface area contributed by atoms with Crippen LogP contribution >= 0.6 is 0 Å². The number of carbonyl (C=O) groups is 2. The Bertz CT molecular complexity index is 659. The molecule has 0 aromatic heterocycles. The van der Waals surface area contributed by atoms with Crippen molar-refractivity contribution in [3.05, 3.63) is 60.2 Å². The standard InChI is InChI=1S/C16H17N3O3/c1-19(12-7-3-2-4-8-12)18-15(20)11-22-14-10-6-5-9-13(14)16(17)21/h2-10H,11H2,1H3,(H2,17,21)(H,18,20). The highest BCUT2D eigenvalue weighted by atomic mass is 16.5. The van der Waals surface area contributed by atoms with Crippen LogP contribution in [0.15, 0.2) is 54.6 Å². The van der Waals surface area contributed by atoms with Crippen LogP contribution < -0.4 is 20.9 Å². The second-order valence-corrected chi connectivity index (χ2v) is 4.58. The van der Waals surface area contributed by atoms with Gasteiger partial charge in [0.1, 0.15) is 5.75 Å². The number of anilines is 1. The van der Waals surface area contributed by atoms with Crippen molar-refractivity contribution >= 4 is 17.5 Å². The van der Waals surface area contributed by atoms with Gasteiger partial charge in [0, 0.05) is 7.05 Å². The second-order valence-electron chi connectivity index (χ2n) is 4.58. The van der Waals surface area contributed by atoms with Gasteiger partial charge in [-0.15, -0.1) is 0 Å². The summed E-state index contributed by atoms with van der Waals surface area (Å²) in [5.41, 5.74) is 9.00. The molecule has 3 N–H and O–H groups in total. The van der Waals surface area contributed by atoms with E-state index in [2.05, 4.69) is 5.43 Å². The molecule has 2 amide bonds. The number of hydrogen-bond acceptors (Lipinski definition) is 4. The van der Waals surface area contributed by atoms with Crippen LogP contribution in [0.1, 0.15) is 10.4 Å².